The van der Waals surface area contributed by atoms with E-state index in [4.69, 9.17) is 16.7 Å². The van der Waals surface area contributed by atoms with Crippen LogP contribution in [0.1, 0.15) is 12.0 Å². The number of halogens is 2. The normalized spacial score (nSPS) is 10.0. The number of carboxylic acid groups (broad SMARTS) is 1. The van der Waals surface area contributed by atoms with Gasteiger partial charge in [-0.25, -0.2) is 0 Å². The Morgan fingerprint density at radius 3 is 2.69 bits per heavy atom. The molecule has 1 aromatic rings. The van der Waals surface area contributed by atoms with Gasteiger partial charge in [0.2, 0.25) is 0 Å². The summed E-state index contributed by atoms with van der Waals surface area (Å²) in [7, 11) is 0. The number of rotatable bonds is 3. The third kappa shape index (κ3) is 3.95. The molecule has 1 aromatic carbocycles. The lowest BCUT2D eigenvalue weighted by molar-refractivity contribution is -0.136. The Balaban J connectivity index is 2.71. The van der Waals surface area contributed by atoms with E-state index in [1.165, 1.54) is 0 Å². The molecule has 0 aliphatic rings. The second kappa shape index (κ2) is 4.81. The van der Waals surface area contributed by atoms with Gasteiger partial charge in [-0.05, 0) is 52.8 Å². The zero-order chi connectivity index (χ0) is 9.84. The summed E-state index contributed by atoms with van der Waals surface area (Å²) in [6, 6.07) is 5.58. The van der Waals surface area contributed by atoms with E-state index in [9.17, 15) is 4.79 Å². The van der Waals surface area contributed by atoms with Crippen molar-refractivity contribution in [1.29, 1.82) is 0 Å². The van der Waals surface area contributed by atoms with Crippen LogP contribution >= 0.6 is 34.2 Å². The Kier molecular flexibility index (Phi) is 3.99. The number of aliphatic carboxylic acids is 1. The first-order chi connectivity index (χ1) is 6.08. The molecule has 0 unspecified atom stereocenters. The molecule has 0 radical (unpaired) electrons. The predicted molar refractivity (Wildman–Crippen MR) is 60.1 cm³/mol. The lowest BCUT2D eigenvalue weighted by Crippen LogP contribution is -1.97. The fraction of sp³-hybridized carbons (Fsp3) is 0.222. The fourth-order valence-electron chi connectivity index (χ4n) is 1.01. The van der Waals surface area contributed by atoms with Crippen LogP contribution in [-0.4, -0.2) is 11.1 Å². The van der Waals surface area contributed by atoms with E-state index in [0.29, 0.717) is 11.4 Å². The molecule has 0 spiro atoms. The maximum absolute atomic E-state index is 10.3. The van der Waals surface area contributed by atoms with Crippen molar-refractivity contribution in [3.8, 4) is 0 Å². The van der Waals surface area contributed by atoms with Crippen LogP contribution in [0, 0.1) is 3.57 Å². The van der Waals surface area contributed by atoms with Crippen LogP contribution in [0.2, 0.25) is 5.02 Å². The Morgan fingerprint density at radius 2 is 2.15 bits per heavy atom. The lowest BCUT2D eigenvalue weighted by Gasteiger charge is -2.00. The van der Waals surface area contributed by atoms with Crippen LogP contribution in [0.25, 0.3) is 0 Å². The van der Waals surface area contributed by atoms with E-state index in [1.54, 1.807) is 6.07 Å². The number of hydrogen-bond donors (Lipinski definition) is 1. The van der Waals surface area contributed by atoms with Crippen molar-refractivity contribution >= 4 is 40.2 Å². The van der Waals surface area contributed by atoms with Crippen LogP contribution in [0.3, 0.4) is 0 Å². The fourth-order valence-corrected chi connectivity index (χ4v) is 2.18. The Morgan fingerprint density at radius 1 is 1.46 bits per heavy atom. The molecule has 0 amide bonds. The highest BCUT2D eigenvalue weighted by molar-refractivity contribution is 14.1. The van der Waals surface area contributed by atoms with E-state index >= 15 is 0 Å². The molecule has 2 nitrogen and oxygen atoms in total. The van der Waals surface area contributed by atoms with E-state index in [2.05, 4.69) is 22.6 Å². The number of benzene rings is 1. The SMILES string of the molecule is O=C(O)CCc1cc(Cl)cc(I)c1. The van der Waals surface area contributed by atoms with Gasteiger partial charge in [0.05, 0.1) is 0 Å². The molecule has 0 aromatic heterocycles. The molecule has 0 fully saturated rings. The molecule has 0 bridgehead atoms. The summed E-state index contributed by atoms with van der Waals surface area (Å²) in [4.78, 5) is 10.3. The molecular weight excluding hydrogens is 302 g/mol. The number of carboxylic acids is 1. The van der Waals surface area contributed by atoms with Crippen molar-refractivity contribution in [3.05, 3.63) is 32.4 Å². The van der Waals surface area contributed by atoms with Crippen molar-refractivity contribution in [1.82, 2.24) is 0 Å². The minimum absolute atomic E-state index is 0.149. The molecule has 0 aliphatic heterocycles. The molecule has 0 heterocycles. The molecule has 70 valence electrons. The van der Waals surface area contributed by atoms with Gasteiger partial charge in [0.15, 0.2) is 0 Å². The van der Waals surface area contributed by atoms with Crippen molar-refractivity contribution in [3.63, 3.8) is 0 Å². The first kappa shape index (κ1) is 10.8. The standard InChI is InChI=1S/C9H8ClIO2/c10-7-3-6(1-2-9(12)13)4-8(11)5-7/h3-5H,1-2H2,(H,12,13). The van der Waals surface area contributed by atoms with Gasteiger partial charge in [-0.2, -0.15) is 0 Å². The summed E-state index contributed by atoms with van der Waals surface area (Å²) >= 11 is 7.97. The van der Waals surface area contributed by atoms with Crippen LogP contribution in [0.15, 0.2) is 18.2 Å². The summed E-state index contributed by atoms with van der Waals surface area (Å²) in [5.74, 6) is -0.782. The van der Waals surface area contributed by atoms with Gasteiger partial charge in [-0.1, -0.05) is 11.6 Å². The molecule has 1 N–H and O–H groups in total. The Bertz CT molecular complexity index is 305. The highest BCUT2D eigenvalue weighted by Crippen LogP contribution is 2.17. The number of carbonyl (C=O) groups is 1. The van der Waals surface area contributed by atoms with Crippen LogP contribution in [-0.2, 0) is 11.2 Å². The van der Waals surface area contributed by atoms with Gasteiger partial charge in [-0.3, -0.25) is 4.79 Å². The highest BCUT2D eigenvalue weighted by atomic mass is 127. The summed E-state index contributed by atoms with van der Waals surface area (Å²) < 4.78 is 1.03. The van der Waals surface area contributed by atoms with E-state index in [1.807, 2.05) is 12.1 Å². The zero-order valence-corrected chi connectivity index (χ0v) is 9.67. The maximum atomic E-state index is 10.3. The molecule has 0 atom stereocenters. The Hall–Kier alpha value is -0.290. The van der Waals surface area contributed by atoms with Gasteiger partial charge in [0.25, 0.3) is 0 Å². The smallest absolute Gasteiger partial charge is 0.303 e. The lowest BCUT2D eigenvalue weighted by atomic mass is 10.1. The molecular formula is C9H8ClIO2. The minimum atomic E-state index is -0.782. The second-order valence-electron chi connectivity index (χ2n) is 2.67. The van der Waals surface area contributed by atoms with E-state index in [0.717, 1.165) is 9.13 Å². The van der Waals surface area contributed by atoms with Crippen molar-refractivity contribution in [2.45, 2.75) is 12.8 Å². The summed E-state index contributed by atoms with van der Waals surface area (Å²) in [5.41, 5.74) is 0.972. The molecule has 0 saturated carbocycles. The molecule has 0 saturated heterocycles. The third-order valence-corrected chi connectivity index (χ3v) is 2.39. The molecule has 0 aliphatic carbocycles. The van der Waals surface area contributed by atoms with Gasteiger partial charge in [0, 0.05) is 15.0 Å². The van der Waals surface area contributed by atoms with Crippen molar-refractivity contribution in [2.24, 2.45) is 0 Å². The van der Waals surface area contributed by atoms with Gasteiger partial charge in [-0.15, -0.1) is 0 Å². The predicted octanol–water partition coefficient (Wildman–Crippen LogP) is 2.96. The topological polar surface area (TPSA) is 37.3 Å². The summed E-state index contributed by atoms with van der Waals surface area (Å²) in [5, 5.41) is 9.14. The first-order valence-corrected chi connectivity index (χ1v) is 5.20. The summed E-state index contributed by atoms with van der Waals surface area (Å²) in [6.07, 6.45) is 0.683. The molecule has 4 heteroatoms. The van der Waals surface area contributed by atoms with Crippen molar-refractivity contribution in [2.75, 3.05) is 0 Å². The maximum Gasteiger partial charge on any atom is 0.303 e. The second-order valence-corrected chi connectivity index (χ2v) is 4.35. The van der Waals surface area contributed by atoms with E-state index < -0.39 is 5.97 Å². The van der Waals surface area contributed by atoms with E-state index in [-0.39, 0.29) is 6.42 Å². The monoisotopic (exact) mass is 310 g/mol. The third-order valence-electron chi connectivity index (χ3n) is 1.55. The van der Waals surface area contributed by atoms with Gasteiger partial charge >= 0.3 is 5.97 Å². The quantitative estimate of drug-likeness (QED) is 0.872. The van der Waals surface area contributed by atoms with Crippen molar-refractivity contribution < 1.29 is 9.90 Å². The molecule has 1 rings (SSSR count). The number of aryl methyl sites for hydroxylation is 1. The van der Waals surface area contributed by atoms with Gasteiger partial charge in [0.1, 0.15) is 0 Å². The average Bonchev–Trinajstić information content (AvgIpc) is 1.99. The zero-order valence-electron chi connectivity index (χ0n) is 6.76. The Labute approximate surface area is 95.0 Å². The summed E-state index contributed by atoms with van der Waals surface area (Å²) in [6.45, 7) is 0. The largest absolute Gasteiger partial charge is 0.481 e. The van der Waals surface area contributed by atoms with Crippen LogP contribution < -0.4 is 0 Å². The average molecular weight is 311 g/mol. The minimum Gasteiger partial charge on any atom is -0.481 e. The number of hydrogen-bond acceptors (Lipinski definition) is 1. The van der Waals surface area contributed by atoms with Crippen LogP contribution in [0.5, 0.6) is 0 Å². The van der Waals surface area contributed by atoms with Crippen LogP contribution in [0.4, 0.5) is 0 Å². The highest BCUT2D eigenvalue weighted by Gasteiger charge is 2.01. The molecule has 13 heavy (non-hydrogen) atoms. The first-order valence-electron chi connectivity index (χ1n) is 3.74. The van der Waals surface area contributed by atoms with Gasteiger partial charge < -0.3 is 5.11 Å².